The van der Waals surface area contributed by atoms with E-state index in [1.54, 1.807) is 14.0 Å². The lowest BCUT2D eigenvalue weighted by atomic mass is 10.3. The van der Waals surface area contributed by atoms with Crippen molar-refractivity contribution in [2.75, 3.05) is 20.8 Å². The summed E-state index contributed by atoms with van der Waals surface area (Å²) in [5.74, 6) is 0. The predicted octanol–water partition coefficient (Wildman–Crippen LogP) is 0.0654. The maximum absolute atomic E-state index is 10.7. The summed E-state index contributed by atoms with van der Waals surface area (Å²) in [5, 5.41) is 8.60. The second-order valence-electron chi connectivity index (χ2n) is 2.11. The molecule has 1 atom stereocenters. The van der Waals surface area contributed by atoms with Crippen molar-refractivity contribution in [3.8, 4) is 0 Å². The van der Waals surface area contributed by atoms with Gasteiger partial charge in [0.05, 0.1) is 19.8 Å². The molecule has 0 aliphatic rings. The number of amides is 1. The van der Waals surface area contributed by atoms with Gasteiger partial charge in [-0.2, -0.15) is 0 Å². The third-order valence-corrected chi connectivity index (χ3v) is 1.39. The summed E-state index contributed by atoms with van der Waals surface area (Å²) in [6, 6.07) is -0.188. The Balaban J connectivity index is 3.81. The molecule has 60 valence electrons. The average molecular weight is 147 g/mol. The maximum Gasteiger partial charge on any atom is 0.409 e. The minimum absolute atomic E-state index is 0.0500. The van der Waals surface area contributed by atoms with Crippen molar-refractivity contribution in [2.45, 2.75) is 13.0 Å². The van der Waals surface area contributed by atoms with Crippen LogP contribution in [0.25, 0.3) is 0 Å². The van der Waals surface area contributed by atoms with Gasteiger partial charge < -0.3 is 14.7 Å². The van der Waals surface area contributed by atoms with Crippen LogP contribution in [0.5, 0.6) is 0 Å². The fraction of sp³-hybridized carbons (Fsp3) is 0.833. The number of carbonyl (C=O) groups is 1. The fourth-order valence-corrected chi connectivity index (χ4v) is 0.446. The van der Waals surface area contributed by atoms with Crippen LogP contribution < -0.4 is 0 Å². The van der Waals surface area contributed by atoms with Gasteiger partial charge in [0.2, 0.25) is 0 Å². The SMILES string of the molecule is COC(=O)N(C)C(C)CO. The van der Waals surface area contributed by atoms with Crippen LogP contribution in [0.15, 0.2) is 0 Å². The molecule has 4 nitrogen and oxygen atoms in total. The number of methoxy groups -OCH3 is 1. The van der Waals surface area contributed by atoms with Gasteiger partial charge in [0, 0.05) is 7.05 Å². The zero-order chi connectivity index (χ0) is 8.15. The number of hydrogen-bond donors (Lipinski definition) is 1. The molecule has 1 amide bonds. The van der Waals surface area contributed by atoms with Crippen molar-refractivity contribution >= 4 is 6.09 Å². The van der Waals surface area contributed by atoms with E-state index in [1.165, 1.54) is 12.0 Å². The fourth-order valence-electron chi connectivity index (χ4n) is 0.446. The van der Waals surface area contributed by atoms with Crippen LogP contribution in [0.4, 0.5) is 4.79 Å². The molecule has 0 radical (unpaired) electrons. The summed E-state index contributed by atoms with van der Waals surface area (Å²) in [4.78, 5) is 12.0. The maximum atomic E-state index is 10.7. The summed E-state index contributed by atoms with van der Waals surface area (Å²) >= 11 is 0. The Morgan fingerprint density at radius 3 is 2.60 bits per heavy atom. The topological polar surface area (TPSA) is 49.8 Å². The Morgan fingerprint density at radius 2 is 2.30 bits per heavy atom. The van der Waals surface area contributed by atoms with E-state index in [0.717, 1.165) is 0 Å². The molecule has 0 bridgehead atoms. The zero-order valence-electron chi connectivity index (χ0n) is 6.50. The van der Waals surface area contributed by atoms with Crippen molar-refractivity contribution in [2.24, 2.45) is 0 Å². The molecule has 0 saturated heterocycles. The summed E-state index contributed by atoms with van der Waals surface area (Å²) in [7, 11) is 2.88. The Hall–Kier alpha value is -0.770. The largest absolute Gasteiger partial charge is 0.453 e. The third kappa shape index (κ3) is 2.23. The number of ether oxygens (including phenoxy) is 1. The molecule has 0 aromatic carbocycles. The molecular weight excluding hydrogens is 134 g/mol. The molecule has 0 aromatic heterocycles. The van der Waals surface area contributed by atoms with E-state index in [9.17, 15) is 4.79 Å². The van der Waals surface area contributed by atoms with Crippen molar-refractivity contribution in [1.29, 1.82) is 0 Å². The van der Waals surface area contributed by atoms with E-state index in [4.69, 9.17) is 5.11 Å². The van der Waals surface area contributed by atoms with Crippen LogP contribution in [0.2, 0.25) is 0 Å². The van der Waals surface area contributed by atoms with Crippen molar-refractivity contribution < 1.29 is 14.6 Å². The molecule has 0 aliphatic carbocycles. The Kier molecular flexibility index (Phi) is 3.79. The third-order valence-electron chi connectivity index (χ3n) is 1.39. The van der Waals surface area contributed by atoms with Crippen molar-refractivity contribution in [3.05, 3.63) is 0 Å². The minimum Gasteiger partial charge on any atom is -0.453 e. The highest BCUT2D eigenvalue weighted by Gasteiger charge is 2.13. The average Bonchev–Trinajstić information content (AvgIpc) is 2.00. The minimum atomic E-state index is -0.429. The quantitative estimate of drug-likeness (QED) is 0.601. The molecule has 0 aromatic rings. The van der Waals surface area contributed by atoms with Gasteiger partial charge >= 0.3 is 6.09 Å². The van der Waals surface area contributed by atoms with Gasteiger partial charge in [-0.15, -0.1) is 0 Å². The van der Waals surface area contributed by atoms with E-state index < -0.39 is 6.09 Å². The molecule has 4 heteroatoms. The van der Waals surface area contributed by atoms with E-state index in [1.807, 2.05) is 0 Å². The predicted molar refractivity (Wildman–Crippen MR) is 36.7 cm³/mol. The van der Waals surface area contributed by atoms with Crippen LogP contribution >= 0.6 is 0 Å². The Labute approximate surface area is 60.4 Å². The molecule has 0 fully saturated rings. The Bertz CT molecular complexity index is 116. The molecule has 1 N–H and O–H groups in total. The summed E-state index contributed by atoms with van der Waals surface area (Å²) in [5.41, 5.74) is 0. The van der Waals surface area contributed by atoms with Crippen LogP contribution in [0.1, 0.15) is 6.92 Å². The number of hydrogen-bond acceptors (Lipinski definition) is 3. The number of nitrogens with zero attached hydrogens (tertiary/aromatic N) is 1. The first kappa shape index (κ1) is 9.23. The lowest BCUT2D eigenvalue weighted by Crippen LogP contribution is -2.37. The van der Waals surface area contributed by atoms with Crippen LogP contribution in [-0.2, 0) is 4.74 Å². The van der Waals surface area contributed by atoms with Gasteiger partial charge in [-0.1, -0.05) is 0 Å². The summed E-state index contributed by atoms with van der Waals surface area (Å²) < 4.78 is 4.41. The normalized spacial score (nSPS) is 12.4. The number of rotatable bonds is 2. The first-order valence-corrected chi connectivity index (χ1v) is 3.05. The molecule has 0 spiro atoms. The Morgan fingerprint density at radius 1 is 1.80 bits per heavy atom. The van der Waals surface area contributed by atoms with E-state index in [-0.39, 0.29) is 12.6 Å². The van der Waals surface area contributed by atoms with Gasteiger partial charge in [-0.3, -0.25) is 0 Å². The number of aliphatic hydroxyl groups is 1. The number of carbonyl (C=O) groups excluding carboxylic acids is 1. The van der Waals surface area contributed by atoms with E-state index in [2.05, 4.69) is 4.74 Å². The monoisotopic (exact) mass is 147 g/mol. The van der Waals surface area contributed by atoms with Crippen molar-refractivity contribution in [3.63, 3.8) is 0 Å². The second-order valence-corrected chi connectivity index (χ2v) is 2.11. The van der Waals surface area contributed by atoms with Gasteiger partial charge in [-0.25, -0.2) is 4.79 Å². The molecule has 0 aliphatic heterocycles. The molecule has 0 heterocycles. The van der Waals surface area contributed by atoms with Crippen LogP contribution in [0, 0.1) is 0 Å². The highest BCUT2D eigenvalue weighted by molar-refractivity contribution is 5.67. The van der Waals surface area contributed by atoms with Gasteiger partial charge in [0.25, 0.3) is 0 Å². The molecule has 1 unspecified atom stereocenters. The summed E-state index contributed by atoms with van der Waals surface area (Å²) in [6.07, 6.45) is -0.429. The van der Waals surface area contributed by atoms with Gasteiger partial charge in [0.1, 0.15) is 0 Å². The molecule has 0 saturated carbocycles. The lowest BCUT2D eigenvalue weighted by molar-refractivity contribution is 0.102. The molecule has 10 heavy (non-hydrogen) atoms. The van der Waals surface area contributed by atoms with Crippen LogP contribution in [0.3, 0.4) is 0 Å². The van der Waals surface area contributed by atoms with Crippen molar-refractivity contribution in [1.82, 2.24) is 4.90 Å². The highest BCUT2D eigenvalue weighted by atomic mass is 16.5. The smallest absolute Gasteiger partial charge is 0.409 e. The first-order valence-electron chi connectivity index (χ1n) is 3.05. The van der Waals surface area contributed by atoms with Crippen LogP contribution in [-0.4, -0.2) is 42.9 Å². The van der Waals surface area contributed by atoms with E-state index >= 15 is 0 Å². The van der Waals surface area contributed by atoms with Gasteiger partial charge in [-0.05, 0) is 6.92 Å². The highest BCUT2D eigenvalue weighted by Crippen LogP contribution is 1.95. The number of aliphatic hydroxyl groups excluding tert-OH is 1. The standard InChI is InChI=1S/C6H13NO3/c1-5(4-8)7(2)6(9)10-3/h5,8H,4H2,1-3H3. The van der Waals surface area contributed by atoms with Gasteiger partial charge in [0.15, 0.2) is 0 Å². The second kappa shape index (κ2) is 4.11. The zero-order valence-corrected chi connectivity index (χ0v) is 6.50. The number of likely N-dealkylation sites (N-methyl/N-ethyl adjacent to an activating group) is 1. The molecular formula is C6H13NO3. The van der Waals surface area contributed by atoms with E-state index in [0.29, 0.717) is 0 Å². The summed E-state index contributed by atoms with van der Waals surface area (Å²) in [6.45, 7) is 1.68. The molecule has 0 rings (SSSR count). The lowest BCUT2D eigenvalue weighted by Gasteiger charge is -2.20. The first-order chi connectivity index (χ1) is 4.63.